The maximum Gasteiger partial charge on any atom is 0.219 e. The molecular weight excluding hydrogens is 262 g/mol. The summed E-state index contributed by atoms with van der Waals surface area (Å²) in [6.07, 6.45) is 0. The van der Waals surface area contributed by atoms with Gasteiger partial charge in [0.15, 0.2) is 0 Å². The molecule has 0 radical (unpaired) electrons. The fourth-order valence-electron chi connectivity index (χ4n) is 2.61. The largest absolute Gasteiger partial charge is 0.368 e. The monoisotopic (exact) mass is 289 g/mol. The van der Waals surface area contributed by atoms with Gasteiger partial charge >= 0.3 is 0 Å². The molecule has 1 amide bonds. The van der Waals surface area contributed by atoms with Gasteiger partial charge in [0.25, 0.3) is 0 Å². The molecule has 1 aromatic rings. The number of nitrogens with zero attached hydrogens (tertiary/aromatic N) is 2. The molecule has 0 aromatic heterocycles. The molecular formula is C17H27N3O. The molecule has 1 aliphatic heterocycles. The summed E-state index contributed by atoms with van der Waals surface area (Å²) in [5.41, 5.74) is 2.58. The Morgan fingerprint density at radius 2 is 1.76 bits per heavy atom. The van der Waals surface area contributed by atoms with E-state index in [0.717, 1.165) is 39.3 Å². The zero-order valence-corrected chi connectivity index (χ0v) is 13.4. The van der Waals surface area contributed by atoms with Gasteiger partial charge in [-0.1, -0.05) is 26.0 Å². The van der Waals surface area contributed by atoms with Crippen molar-refractivity contribution in [3.63, 3.8) is 0 Å². The molecule has 0 aliphatic carbocycles. The van der Waals surface area contributed by atoms with Crippen molar-refractivity contribution in [2.75, 3.05) is 37.6 Å². The Bertz CT molecular complexity index is 448. The molecule has 0 saturated carbocycles. The summed E-state index contributed by atoms with van der Waals surface area (Å²) in [6, 6.07) is 8.77. The number of piperazine rings is 1. The number of hydrogen-bond acceptors (Lipinski definition) is 3. The SMILES string of the molecule is CC(=O)N1CCN(c2ccc(CNCC(C)C)cc2)CC1. The van der Waals surface area contributed by atoms with Crippen LogP contribution in [0.15, 0.2) is 24.3 Å². The van der Waals surface area contributed by atoms with E-state index in [1.165, 1.54) is 11.3 Å². The van der Waals surface area contributed by atoms with Gasteiger partial charge in [-0.2, -0.15) is 0 Å². The molecule has 1 heterocycles. The van der Waals surface area contributed by atoms with E-state index in [0.29, 0.717) is 5.92 Å². The molecule has 116 valence electrons. The lowest BCUT2D eigenvalue weighted by molar-refractivity contribution is -0.129. The van der Waals surface area contributed by atoms with Crippen LogP contribution in [0, 0.1) is 5.92 Å². The normalized spacial score (nSPS) is 15.6. The van der Waals surface area contributed by atoms with Gasteiger partial charge in [-0.3, -0.25) is 4.79 Å². The van der Waals surface area contributed by atoms with Crippen molar-refractivity contribution >= 4 is 11.6 Å². The number of nitrogens with one attached hydrogen (secondary N) is 1. The molecule has 1 aromatic carbocycles. The first-order valence-corrected chi connectivity index (χ1v) is 7.86. The third-order valence-corrected chi connectivity index (χ3v) is 3.91. The summed E-state index contributed by atoms with van der Waals surface area (Å²) in [7, 11) is 0. The summed E-state index contributed by atoms with van der Waals surface area (Å²) in [5.74, 6) is 0.864. The van der Waals surface area contributed by atoms with E-state index in [-0.39, 0.29) is 5.91 Å². The molecule has 1 saturated heterocycles. The number of amides is 1. The first-order valence-electron chi connectivity index (χ1n) is 7.86. The molecule has 0 bridgehead atoms. The van der Waals surface area contributed by atoms with E-state index in [2.05, 4.69) is 48.3 Å². The van der Waals surface area contributed by atoms with Gasteiger partial charge < -0.3 is 15.1 Å². The smallest absolute Gasteiger partial charge is 0.219 e. The Balaban J connectivity index is 1.84. The molecule has 21 heavy (non-hydrogen) atoms. The van der Waals surface area contributed by atoms with Crippen LogP contribution in [0.5, 0.6) is 0 Å². The number of hydrogen-bond donors (Lipinski definition) is 1. The fourth-order valence-corrected chi connectivity index (χ4v) is 2.61. The van der Waals surface area contributed by atoms with E-state index < -0.39 is 0 Å². The van der Waals surface area contributed by atoms with E-state index in [9.17, 15) is 4.79 Å². The summed E-state index contributed by atoms with van der Waals surface area (Å²) in [6.45, 7) is 11.6. The lowest BCUT2D eigenvalue weighted by Crippen LogP contribution is -2.48. The number of anilines is 1. The Morgan fingerprint density at radius 1 is 1.14 bits per heavy atom. The van der Waals surface area contributed by atoms with Crippen LogP contribution < -0.4 is 10.2 Å². The Kier molecular flexibility index (Phi) is 5.62. The summed E-state index contributed by atoms with van der Waals surface area (Å²) >= 11 is 0. The molecule has 0 unspecified atom stereocenters. The van der Waals surface area contributed by atoms with Crippen molar-refractivity contribution in [3.05, 3.63) is 29.8 Å². The fraction of sp³-hybridized carbons (Fsp3) is 0.588. The quantitative estimate of drug-likeness (QED) is 0.901. The Morgan fingerprint density at radius 3 is 2.29 bits per heavy atom. The maximum atomic E-state index is 11.3. The first-order chi connectivity index (χ1) is 10.1. The highest BCUT2D eigenvalue weighted by atomic mass is 16.2. The van der Waals surface area contributed by atoms with E-state index >= 15 is 0 Å². The average Bonchev–Trinajstić information content (AvgIpc) is 2.48. The minimum atomic E-state index is 0.182. The van der Waals surface area contributed by atoms with Crippen molar-refractivity contribution in [1.29, 1.82) is 0 Å². The summed E-state index contributed by atoms with van der Waals surface area (Å²) in [4.78, 5) is 15.6. The van der Waals surface area contributed by atoms with Gasteiger partial charge in [0, 0.05) is 45.3 Å². The van der Waals surface area contributed by atoms with Crippen molar-refractivity contribution in [3.8, 4) is 0 Å². The van der Waals surface area contributed by atoms with Crippen LogP contribution in [0.4, 0.5) is 5.69 Å². The number of carbonyl (C=O) groups excluding carboxylic acids is 1. The minimum Gasteiger partial charge on any atom is -0.368 e. The summed E-state index contributed by atoms with van der Waals surface area (Å²) < 4.78 is 0. The van der Waals surface area contributed by atoms with Crippen molar-refractivity contribution in [2.24, 2.45) is 5.92 Å². The molecule has 1 aliphatic rings. The van der Waals surface area contributed by atoms with E-state index in [4.69, 9.17) is 0 Å². The average molecular weight is 289 g/mol. The highest BCUT2D eigenvalue weighted by Gasteiger charge is 2.18. The van der Waals surface area contributed by atoms with E-state index in [1.807, 2.05) is 4.90 Å². The van der Waals surface area contributed by atoms with Crippen LogP contribution in [0.2, 0.25) is 0 Å². The van der Waals surface area contributed by atoms with Gasteiger partial charge in [0.1, 0.15) is 0 Å². The molecule has 4 nitrogen and oxygen atoms in total. The Hall–Kier alpha value is -1.55. The van der Waals surface area contributed by atoms with Crippen molar-refractivity contribution in [2.45, 2.75) is 27.3 Å². The van der Waals surface area contributed by atoms with Crippen LogP contribution in [-0.4, -0.2) is 43.5 Å². The number of rotatable bonds is 5. The predicted molar refractivity (Wildman–Crippen MR) is 87.5 cm³/mol. The molecule has 1 N–H and O–H groups in total. The molecule has 2 rings (SSSR count). The van der Waals surface area contributed by atoms with Crippen LogP contribution in [0.1, 0.15) is 26.3 Å². The molecule has 1 fully saturated rings. The molecule has 0 atom stereocenters. The van der Waals surface area contributed by atoms with Gasteiger partial charge in [-0.25, -0.2) is 0 Å². The zero-order chi connectivity index (χ0) is 15.2. The second-order valence-corrected chi connectivity index (χ2v) is 6.18. The molecule has 4 heteroatoms. The van der Waals surface area contributed by atoms with Crippen LogP contribution in [0.25, 0.3) is 0 Å². The second-order valence-electron chi connectivity index (χ2n) is 6.18. The maximum absolute atomic E-state index is 11.3. The number of benzene rings is 1. The van der Waals surface area contributed by atoms with Crippen molar-refractivity contribution < 1.29 is 4.79 Å². The van der Waals surface area contributed by atoms with Crippen molar-refractivity contribution in [1.82, 2.24) is 10.2 Å². The Labute approximate surface area is 128 Å². The van der Waals surface area contributed by atoms with E-state index in [1.54, 1.807) is 6.92 Å². The number of carbonyl (C=O) groups is 1. The van der Waals surface area contributed by atoms with Gasteiger partial charge in [-0.05, 0) is 30.2 Å². The van der Waals surface area contributed by atoms with Crippen LogP contribution in [0.3, 0.4) is 0 Å². The lowest BCUT2D eigenvalue weighted by Gasteiger charge is -2.35. The highest BCUT2D eigenvalue weighted by Crippen LogP contribution is 2.17. The third kappa shape index (κ3) is 4.74. The first kappa shape index (κ1) is 15.8. The van der Waals surface area contributed by atoms with Crippen LogP contribution in [-0.2, 0) is 11.3 Å². The zero-order valence-electron chi connectivity index (χ0n) is 13.4. The summed E-state index contributed by atoms with van der Waals surface area (Å²) in [5, 5.41) is 3.46. The minimum absolute atomic E-state index is 0.182. The standard InChI is InChI=1S/C17H27N3O/c1-14(2)12-18-13-16-4-6-17(7-5-16)20-10-8-19(9-11-20)15(3)21/h4-7,14,18H,8-13H2,1-3H3. The second kappa shape index (κ2) is 7.46. The molecule has 0 spiro atoms. The topological polar surface area (TPSA) is 35.6 Å². The van der Waals surface area contributed by atoms with Gasteiger partial charge in [0.05, 0.1) is 0 Å². The lowest BCUT2D eigenvalue weighted by atomic mass is 10.1. The van der Waals surface area contributed by atoms with Gasteiger partial charge in [-0.15, -0.1) is 0 Å². The third-order valence-electron chi connectivity index (χ3n) is 3.91. The van der Waals surface area contributed by atoms with Crippen LogP contribution >= 0.6 is 0 Å². The van der Waals surface area contributed by atoms with Gasteiger partial charge in [0.2, 0.25) is 5.91 Å². The predicted octanol–water partition coefficient (Wildman–Crippen LogP) is 2.10. The highest BCUT2D eigenvalue weighted by molar-refractivity contribution is 5.73.